The van der Waals surface area contributed by atoms with Gasteiger partial charge in [0.05, 0.1) is 35.8 Å². The van der Waals surface area contributed by atoms with Gasteiger partial charge < -0.3 is 30.2 Å². The highest BCUT2D eigenvalue weighted by molar-refractivity contribution is 7.99. The van der Waals surface area contributed by atoms with Crippen LogP contribution in [0.25, 0.3) is 0 Å². The lowest BCUT2D eigenvalue weighted by molar-refractivity contribution is -0.136. The molecule has 1 unspecified atom stereocenters. The minimum absolute atomic E-state index is 0.00255. The quantitative estimate of drug-likeness (QED) is 0.0746. The first-order valence-corrected chi connectivity index (χ1v) is 22.7. The maximum atomic E-state index is 13.4. The van der Waals surface area contributed by atoms with Crippen molar-refractivity contribution in [3.8, 4) is 5.75 Å². The van der Waals surface area contributed by atoms with E-state index in [0.29, 0.717) is 57.0 Å². The molecule has 1 aromatic heterocycles. The van der Waals surface area contributed by atoms with Crippen LogP contribution in [0.1, 0.15) is 52.8 Å². The smallest absolute Gasteiger partial charge is 0.263 e. The Hall–Kier alpha value is -5.44. The second kappa shape index (κ2) is 17.2. The summed E-state index contributed by atoms with van der Waals surface area (Å²) in [5.41, 5.74) is 2.69. The first-order valence-electron chi connectivity index (χ1n) is 18.7. The first-order chi connectivity index (χ1) is 27.8. The lowest BCUT2D eigenvalue weighted by Gasteiger charge is -2.34. The summed E-state index contributed by atoms with van der Waals surface area (Å²) in [6, 6.07) is 17.1. The molecular formula is C40H42ClN8O7PS. The van der Waals surface area contributed by atoms with E-state index < -0.39 is 36.8 Å². The summed E-state index contributed by atoms with van der Waals surface area (Å²) in [5, 5.41) is 12.8. The number of nitrogens with zero attached hydrogens (tertiary/aromatic N) is 4. The Balaban J connectivity index is 0.905. The predicted molar refractivity (Wildman–Crippen MR) is 224 cm³/mol. The van der Waals surface area contributed by atoms with E-state index in [4.69, 9.17) is 16.3 Å². The molecule has 4 aromatic rings. The average Bonchev–Trinajstić information content (AvgIpc) is 3.45. The molecule has 4 heterocycles. The van der Waals surface area contributed by atoms with Gasteiger partial charge >= 0.3 is 0 Å². The first kappa shape index (κ1) is 40.7. The maximum Gasteiger partial charge on any atom is 0.263 e. The molecule has 1 atom stereocenters. The Morgan fingerprint density at radius 2 is 1.76 bits per heavy atom. The number of hydrogen-bond donors (Lipinski definition) is 4. The second-order valence-corrected chi connectivity index (χ2v) is 19.2. The normalized spacial score (nSPS) is 17.2. The van der Waals surface area contributed by atoms with Crippen molar-refractivity contribution in [2.24, 2.45) is 0 Å². The van der Waals surface area contributed by atoms with Gasteiger partial charge in [0.15, 0.2) is 5.82 Å². The largest absolute Gasteiger partial charge is 0.494 e. The number of nitrogens with one attached hydrogen (secondary N) is 4. The van der Waals surface area contributed by atoms with Crippen molar-refractivity contribution in [3.05, 3.63) is 83.0 Å². The molecule has 18 heteroatoms. The highest BCUT2D eigenvalue weighted by Gasteiger charge is 2.45. The Kier molecular flexibility index (Phi) is 12.1. The zero-order chi connectivity index (χ0) is 41.1. The fourth-order valence-electron chi connectivity index (χ4n) is 7.23. The zero-order valence-electron chi connectivity index (χ0n) is 32.0. The minimum atomic E-state index is -2.57. The summed E-state index contributed by atoms with van der Waals surface area (Å²) < 4.78 is 18.6. The Bertz CT molecular complexity index is 2350. The number of aromatic nitrogens is 2. The van der Waals surface area contributed by atoms with E-state index in [1.165, 1.54) is 18.0 Å². The zero-order valence-corrected chi connectivity index (χ0v) is 34.5. The van der Waals surface area contributed by atoms with Crippen LogP contribution in [0.3, 0.4) is 0 Å². The molecule has 5 amide bonds. The van der Waals surface area contributed by atoms with Crippen molar-refractivity contribution in [2.45, 2.75) is 49.1 Å². The molecule has 3 aliphatic heterocycles. The number of methoxy groups -OCH3 is 1. The summed E-state index contributed by atoms with van der Waals surface area (Å²) in [7, 11) is -0.988. The molecule has 58 heavy (non-hydrogen) atoms. The number of carbonyl (C=O) groups excluding carboxylic acids is 5. The van der Waals surface area contributed by atoms with Gasteiger partial charge in [0.25, 0.3) is 11.8 Å². The molecule has 0 radical (unpaired) electrons. The molecule has 3 aromatic carbocycles. The number of ether oxygens (including phenoxy) is 1. The fraction of sp³-hybridized carbons (Fsp3) is 0.325. The summed E-state index contributed by atoms with van der Waals surface area (Å²) in [4.78, 5) is 76.3. The molecule has 15 nitrogen and oxygen atoms in total. The number of thioether (sulfide) groups is 1. The topological polar surface area (TPSA) is 192 Å². The van der Waals surface area contributed by atoms with Crippen LogP contribution in [0.15, 0.2) is 71.8 Å². The van der Waals surface area contributed by atoms with Crippen LogP contribution >= 0.6 is 30.5 Å². The molecule has 7 rings (SSSR count). The van der Waals surface area contributed by atoms with Gasteiger partial charge in [-0.3, -0.25) is 34.2 Å². The number of fused-ring (bicyclic) bond motifs is 1. The number of rotatable bonds is 13. The third-order valence-corrected chi connectivity index (χ3v) is 13.0. The number of imide groups is 2. The lowest BCUT2D eigenvalue weighted by atomic mass is 10.0. The van der Waals surface area contributed by atoms with Crippen molar-refractivity contribution in [2.75, 3.05) is 54.8 Å². The average molecular weight is 845 g/mol. The third kappa shape index (κ3) is 8.83. The fourth-order valence-corrected chi connectivity index (χ4v) is 9.55. The summed E-state index contributed by atoms with van der Waals surface area (Å²) in [6.07, 6.45) is 3.30. The summed E-state index contributed by atoms with van der Waals surface area (Å²) >= 11 is 7.76. The SMILES string of the molecule is COc1cc(N2CCC(NC(=O)CCSc3cccc4c3C(=O)N(C3CCC(=O)NC3=O)C4=O)CC2)ccc1Nc1ncc(Cl)c(Nc2ccccc2P(C)(C)=O)n1. The summed E-state index contributed by atoms with van der Waals surface area (Å²) in [6.45, 7) is 4.84. The maximum absolute atomic E-state index is 13.4. The number of amides is 5. The van der Waals surface area contributed by atoms with E-state index in [0.717, 1.165) is 23.4 Å². The molecule has 0 aliphatic carbocycles. The van der Waals surface area contributed by atoms with Gasteiger partial charge in [-0.15, -0.1) is 11.8 Å². The van der Waals surface area contributed by atoms with Crippen LogP contribution in [0, 0.1) is 0 Å². The van der Waals surface area contributed by atoms with E-state index in [-0.39, 0.29) is 48.3 Å². The van der Waals surface area contributed by atoms with Crippen molar-refractivity contribution in [1.82, 2.24) is 25.5 Å². The molecule has 0 spiro atoms. The van der Waals surface area contributed by atoms with E-state index in [1.54, 1.807) is 38.6 Å². The second-order valence-electron chi connectivity index (χ2n) is 14.4. The Labute approximate surface area is 344 Å². The van der Waals surface area contributed by atoms with Crippen molar-refractivity contribution in [3.63, 3.8) is 0 Å². The number of piperidine rings is 2. The highest BCUT2D eigenvalue weighted by Crippen LogP contribution is 2.39. The van der Waals surface area contributed by atoms with Crippen LogP contribution in [0.5, 0.6) is 5.75 Å². The summed E-state index contributed by atoms with van der Waals surface area (Å²) in [5.74, 6) is -0.712. The van der Waals surface area contributed by atoms with Crippen LogP contribution in [-0.4, -0.2) is 95.8 Å². The Morgan fingerprint density at radius 3 is 2.50 bits per heavy atom. The number of hydrogen-bond acceptors (Lipinski definition) is 13. The number of benzene rings is 3. The van der Waals surface area contributed by atoms with E-state index in [2.05, 4.69) is 36.1 Å². The van der Waals surface area contributed by atoms with Crippen molar-refractivity contribution < 1.29 is 33.3 Å². The van der Waals surface area contributed by atoms with E-state index >= 15 is 0 Å². The molecule has 0 saturated carbocycles. The van der Waals surface area contributed by atoms with Crippen molar-refractivity contribution >= 4 is 94.2 Å². The molecule has 0 bridgehead atoms. The van der Waals surface area contributed by atoms with Gasteiger partial charge in [-0.25, -0.2) is 4.98 Å². The number of carbonyl (C=O) groups is 5. The van der Waals surface area contributed by atoms with Gasteiger partial charge in [0, 0.05) is 59.7 Å². The van der Waals surface area contributed by atoms with Gasteiger partial charge in [-0.2, -0.15) is 4.98 Å². The van der Waals surface area contributed by atoms with Crippen LogP contribution in [-0.2, 0) is 18.9 Å². The van der Waals surface area contributed by atoms with Crippen molar-refractivity contribution in [1.29, 1.82) is 0 Å². The number of anilines is 5. The van der Waals surface area contributed by atoms with Crippen LogP contribution in [0.2, 0.25) is 5.02 Å². The highest BCUT2D eigenvalue weighted by atomic mass is 35.5. The Morgan fingerprint density at radius 1 is 0.983 bits per heavy atom. The van der Waals surface area contributed by atoms with Gasteiger partial charge in [0.1, 0.15) is 24.0 Å². The van der Waals surface area contributed by atoms with Gasteiger partial charge in [-0.1, -0.05) is 29.8 Å². The standard InChI is InChI=1S/C40H42ClN8O7PS/c1-56-30-21-24(11-12-27(30)45-40-42-22-26(41)36(47-40)44-28-8-4-5-9-31(28)57(2,3)55)48-18-15-23(16-19-48)43-34(51)17-20-58-32-10-6-7-25-35(32)39(54)49(38(25)53)29-13-14-33(50)46-37(29)52/h4-12,21-23,29H,13-20H2,1-3H3,(H,43,51)(H,46,50,52)(H2,42,44,45,47). The van der Waals surface area contributed by atoms with Gasteiger partial charge in [0.2, 0.25) is 23.7 Å². The van der Waals surface area contributed by atoms with E-state index in [9.17, 15) is 28.5 Å². The number of halogens is 1. The predicted octanol–water partition coefficient (Wildman–Crippen LogP) is 5.54. The van der Waals surface area contributed by atoms with Crippen LogP contribution < -0.4 is 36.2 Å². The molecule has 302 valence electrons. The third-order valence-electron chi connectivity index (χ3n) is 10.2. The molecular weight excluding hydrogens is 803 g/mol. The molecule has 3 aliphatic rings. The van der Waals surface area contributed by atoms with E-state index in [1.807, 2.05) is 42.5 Å². The molecule has 2 fully saturated rings. The minimum Gasteiger partial charge on any atom is -0.494 e. The van der Waals surface area contributed by atoms with Gasteiger partial charge in [-0.05, 0) is 69.0 Å². The number of para-hydroxylation sites is 1. The monoisotopic (exact) mass is 844 g/mol. The molecule has 4 N–H and O–H groups in total. The van der Waals surface area contributed by atoms with Crippen LogP contribution in [0.4, 0.5) is 28.8 Å². The molecule has 2 saturated heterocycles. The lowest BCUT2D eigenvalue weighted by Crippen LogP contribution is -2.54.